The van der Waals surface area contributed by atoms with E-state index in [1.807, 2.05) is 0 Å². The highest BCUT2D eigenvalue weighted by Crippen LogP contribution is 2.61. The molecule has 1 aliphatic heterocycles. The van der Waals surface area contributed by atoms with E-state index in [0.29, 0.717) is 26.1 Å². The molecule has 1 fully saturated rings. The van der Waals surface area contributed by atoms with E-state index in [9.17, 15) is 9.59 Å². The Morgan fingerprint density at radius 1 is 0.789 bits per heavy atom. The van der Waals surface area contributed by atoms with Crippen LogP contribution in [0, 0.1) is 43.8 Å². The second-order valence-electron chi connectivity index (χ2n) is 17.1. The van der Waals surface area contributed by atoms with Gasteiger partial charge in [-0.2, -0.15) is 0 Å². The minimum atomic E-state index is -0.768. The van der Waals surface area contributed by atoms with Gasteiger partial charge in [0.05, 0.1) is 25.0 Å². The van der Waals surface area contributed by atoms with Crippen LogP contribution in [0.3, 0.4) is 0 Å². The third-order valence-electron chi connectivity index (χ3n) is 10.5. The van der Waals surface area contributed by atoms with Gasteiger partial charge in [0.25, 0.3) is 0 Å². The van der Waals surface area contributed by atoms with Gasteiger partial charge in [0.1, 0.15) is 12.7 Å². The molecule has 5 nitrogen and oxygen atoms in total. The minimum Gasteiger partial charge on any atom is -0.469 e. The molecule has 38 heavy (non-hydrogen) atoms. The van der Waals surface area contributed by atoms with Crippen LogP contribution in [0.25, 0.3) is 0 Å². The third kappa shape index (κ3) is 8.21. The van der Waals surface area contributed by atoms with Crippen molar-refractivity contribution in [2.75, 3.05) is 20.3 Å². The fraction of sp³-hybridized carbons (Fsp3) is 0.939. The molecule has 0 N–H and O–H groups in total. The number of methoxy groups -OCH3 is 1. The topological polar surface area (TPSA) is 65.1 Å². The molecule has 0 aliphatic carbocycles. The lowest BCUT2D eigenvalue weighted by molar-refractivity contribution is -0.178. The highest BCUT2D eigenvalue weighted by molar-refractivity contribution is 5.78. The van der Waals surface area contributed by atoms with E-state index in [0.717, 1.165) is 12.8 Å². The quantitative estimate of drug-likeness (QED) is 0.174. The highest BCUT2D eigenvalue weighted by atomic mass is 16.6. The van der Waals surface area contributed by atoms with E-state index in [1.54, 1.807) is 0 Å². The van der Waals surface area contributed by atoms with Crippen LogP contribution >= 0.6 is 0 Å². The normalized spacial score (nSPS) is 19.9. The second kappa shape index (κ2) is 11.4. The van der Waals surface area contributed by atoms with Gasteiger partial charge in [-0.25, -0.2) is 0 Å². The standard InChI is InChI=1S/C33H62O5/c1-27(2,3)17-18-29(7,8)31(11,12)24(25(34)36-16)19-30(9,10)32(13,14)33(15,22-28(4,5)6)26(35)38-21-23-20-37-23/h23-24H,17-22H2,1-16H3. The first-order valence-electron chi connectivity index (χ1n) is 14.6. The summed E-state index contributed by atoms with van der Waals surface area (Å²) in [5.41, 5.74) is -1.95. The van der Waals surface area contributed by atoms with Crippen LogP contribution in [0.15, 0.2) is 0 Å². The van der Waals surface area contributed by atoms with Crippen molar-refractivity contribution in [1.29, 1.82) is 0 Å². The van der Waals surface area contributed by atoms with E-state index in [-0.39, 0.29) is 45.6 Å². The number of rotatable bonds is 13. The molecular formula is C33H62O5. The maximum atomic E-state index is 13.8. The van der Waals surface area contributed by atoms with Gasteiger partial charge in [-0.3, -0.25) is 9.59 Å². The average molecular weight is 539 g/mol. The largest absolute Gasteiger partial charge is 0.469 e. The van der Waals surface area contributed by atoms with Gasteiger partial charge < -0.3 is 14.2 Å². The molecule has 3 unspecified atom stereocenters. The van der Waals surface area contributed by atoms with Crippen molar-refractivity contribution in [3.05, 3.63) is 0 Å². The number of hydrogen-bond acceptors (Lipinski definition) is 5. The summed E-state index contributed by atoms with van der Waals surface area (Å²) >= 11 is 0. The lowest BCUT2D eigenvalue weighted by atomic mass is 9.47. The summed E-state index contributed by atoms with van der Waals surface area (Å²) in [6.07, 6.45) is 3.39. The van der Waals surface area contributed by atoms with Crippen LogP contribution in [0.2, 0.25) is 0 Å². The van der Waals surface area contributed by atoms with Crippen LogP contribution < -0.4 is 0 Å². The number of esters is 2. The van der Waals surface area contributed by atoms with Crippen molar-refractivity contribution in [3.8, 4) is 0 Å². The van der Waals surface area contributed by atoms with Gasteiger partial charge in [-0.15, -0.1) is 0 Å². The molecule has 0 radical (unpaired) electrons. The van der Waals surface area contributed by atoms with E-state index < -0.39 is 16.2 Å². The van der Waals surface area contributed by atoms with E-state index in [1.165, 1.54) is 7.11 Å². The van der Waals surface area contributed by atoms with Gasteiger partial charge in [0.2, 0.25) is 0 Å². The molecule has 1 saturated heterocycles. The van der Waals surface area contributed by atoms with E-state index in [4.69, 9.17) is 14.2 Å². The number of carbonyl (C=O) groups excluding carboxylic acids is 2. The summed E-state index contributed by atoms with van der Waals surface area (Å²) in [6, 6.07) is 0. The molecule has 0 aromatic carbocycles. The zero-order valence-electron chi connectivity index (χ0n) is 27.9. The van der Waals surface area contributed by atoms with Gasteiger partial charge >= 0.3 is 11.9 Å². The number of epoxide rings is 1. The van der Waals surface area contributed by atoms with Crippen LogP contribution in [-0.2, 0) is 23.8 Å². The van der Waals surface area contributed by atoms with E-state index >= 15 is 0 Å². The van der Waals surface area contributed by atoms with Crippen LogP contribution in [0.1, 0.15) is 130 Å². The van der Waals surface area contributed by atoms with Crippen LogP contribution in [-0.4, -0.2) is 38.4 Å². The lowest BCUT2D eigenvalue weighted by Crippen LogP contribution is -2.55. The third-order valence-corrected chi connectivity index (χ3v) is 10.5. The fourth-order valence-corrected chi connectivity index (χ4v) is 5.87. The molecule has 0 aromatic rings. The van der Waals surface area contributed by atoms with Gasteiger partial charge in [-0.05, 0) is 65.1 Å². The van der Waals surface area contributed by atoms with Gasteiger partial charge in [0.15, 0.2) is 0 Å². The van der Waals surface area contributed by atoms with Crippen molar-refractivity contribution in [3.63, 3.8) is 0 Å². The molecule has 1 aliphatic rings. The number of carbonyl (C=O) groups is 2. The Balaban J connectivity index is 3.48. The first-order chi connectivity index (χ1) is 16.7. The SMILES string of the molecule is COC(=O)C(CC(C)(C)C(C)(C)C(C)(CC(C)(C)C)C(=O)OCC1CO1)C(C)(C)C(C)(C)CCC(C)(C)C. The molecule has 0 spiro atoms. The molecule has 3 atom stereocenters. The van der Waals surface area contributed by atoms with Crippen molar-refractivity contribution in [1.82, 2.24) is 0 Å². The summed E-state index contributed by atoms with van der Waals surface area (Å²) in [7, 11) is 1.49. The Kier molecular flexibility index (Phi) is 10.5. The Labute approximate surface area is 235 Å². The zero-order chi connectivity index (χ0) is 30.2. The lowest BCUT2D eigenvalue weighted by Gasteiger charge is -2.56. The molecular weight excluding hydrogens is 476 g/mol. The smallest absolute Gasteiger partial charge is 0.312 e. The maximum Gasteiger partial charge on any atom is 0.312 e. The van der Waals surface area contributed by atoms with Crippen molar-refractivity contribution in [2.45, 2.75) is 136 Å². The molecule has 224 valence electrons. The zero-order valence-corrected chi connectivity index (χ0v) is 27.9. The first kappa shape index (κ1) is 34.9. The Bertz CT molecular complexity index is 817. The predicted molar refractivity (Wildman–Crippen MR) is 157 cm³/mol. The molecule has 0 aromatic heterocycles. The molecule has 0 amide bonds. The summed E-state index contributed by atoms with van der Waals surface area (Å²) in [6.45, 7) is 34.1. The molecule has 1 rings (SSSR count). The summed E-state index contributed by atoms with van der Waals surface area (Å²) in [4.78, 5) is 27.3. The summed E-state index contributed by atoms with van der Waals surface area (Å²) < 4.78 is 16.6. The number of hydrogen-bond donors (Lipinski definition) is 0. The van der Waals surface area contributed by atoms with Crippen molar-refractivity contribution >= 4 is 11.9 Å². The average Bonchev–Trinajstić information content (AvgIpc) is 3.56. The maximum absolute atomic E-state index is 13.8. The van der Waals surface area contributed by atoms with E-state index in [2.05, 4.69) is 104 Å². The fourth-order valence-electron chi connectivity index (χ4n) is 5.87. The molecule has 0 bridgehead atoms. The van der Waals surface area contributed by atoms with Crippen LogP contribution in [0.4, 0.5) is 0 Å². The summed E-state index contributed by atoms with van der Waals surface area (Å²) in [5, 5.41) is 0. The monoisotopic (exact) mass is 538 g/mol. The van der Waals surface area contributed by atoms with Crippen molar-refractivity contribution < 1.29 is 23.8 Å². The Hall–Kier alpha value is -1.10. The van der Waals surface area contributed by atoms with Gasteiger partial charge in [-0.1, -0.05) is 96.9 Å². The molecule has 5 heteroatoms. The first-order valence-corrected chi connectivity index (χ1v) is 14.6. The molecule has 0 saturated carbocycles. The predicted octanol–water partition coefficient (Wildman–Crippen LogP) is 8.48. The van der Waals surface area contributed by atoms with Crippen LogP contribution in [0.5, 0.6) is 0 Å². The highest BCUT2D eigenvalue weighted by Gasteiger charge is 2.59. The minimum absolute atomic E-state index is 0.0220. The van der Waals surface area contributed by atoms with Gasteiger partial charge in [0, 0.05) is 0 Å². The Morgan fingerprint density at radius 2 is 1.29 bits per heavy atom. The molecule has 1 heterocycles. The Morgan fingerprint density at radius 3 is 1.68 bits per heavy atom. The van der Waals surface area contributed by atoms with Crippen molar-refractivity contribution in [2.24, 2.45) is 43.8 Å². The number of ether oxygens (including phenoxy) is 3. The second-order valence-corrected chi connectivity index (χ2v) is 17.1. The summed E-state index contributed by atoms with van der Waals surface area (Å²) in [5.74, 6) is -0.680.